The third-order valence-electron chi connectivity index (χ3n) is 6.34. The van der Waals surface area contributed by atoms with E-state index in [0.717, 1.165) is 51.3 Å². The monoisotopic (exact) mass is 561 g/mol. The molecule has 214 valence electrons. The second-order valence-corrected chi connectivity index (χ2v) is 9.66. The Morgan fingerprint density at radius 1 is 0.684 bits per heavy atom. The van der Waals surface area contributed by atoms with Crippen LogP contribution in [0.4, 0.5) is 55.0 Å². The second kappa shape index (κ2) is 12.0. The van der Waals surface area contributed by atoms with E-state index in [4.69, 9.17) is 0 Å². The predicted molar refractivity (Wildman–Crippen MR) is 129 cm³/mol. The van der Waals surface area contributed by atoms with Crippen LogP contribution in [0.2, 0.25) is 0 Å². The van der Waals surface area contributed by atoms with E-state index >= 15 is 0 Å². The number of hydrogen-bond acceptors (Lipinski definition) is 2. The summed E-state index contributed by atoms with van der Waals surface area (Å²) in [5, 5.41) is 0. The van der Waals surface area contributed by atoms with E-state index in [1.807, 2.05) is 24.3 Å². The fourth-order valence-electron chi connectivity index (χ4n) is 4.77. The largest absolute Gasteiger partial charge is 0.673 e. The molecule has 1 aliphatic rings. The van der Waals surface area contributed by atoms with Gasteiger partial charge in [0.1, 0.15) is 19.1 Å². The third kappa shape index (κ3) is 10.3. The molecule has 0 aliphatic carbocycles. The van der Waals surface area contributed by atoms with Crippen LogP contribution in [-0.4, -0.2) is 71.4 Å². The Morgan fingerprint density at radius 3 is 1.24 bits per heavy atom. The molecule has 0 aromatic heterocycles. The zero-order valence-electron chi connectivity index (χ0n) is 21.1. The first-order chi connectivity index (χ1) is 17.3. The molecule has 38 heavy (non-hydrogen) atoms. The highest BCUT2D eigenvalue weighted by Gasteiger charge is 2.38. The summed E-state index contributed by atoms with van der Waals surface area (Å²) >= 11 is 0. The van der Waals surface area contributed by atoms with Crippen LogP contribution in [-0.2, 0) is 0 Å². The van der Waals surface area contributed by atoms with Crippen molar-refractivity contribution in [1.82, 2.24) is 0 Å². The van der Waals surface area contributed by atoms with Gasteiger partial charge in [-0.05, 0) is 24.3 Å². The van der Waals surface area contributed by atoms with Crippen LogP contribution in [0.15, 0.2) is 48.5 Å². The standard InChI is InChI=1S/C24H30F6N3.BF4/c1-31(16-23(25,26)27)20-10-6-18(7-11-20)22(33(3)14-4-5-15-33)19-8-12-21(13-9-19)32(2)17-24(28,29)30;2-1(3,4)5/h6-13,22H,4-5,14-17H2,1-3H3;/q+1;-1. The van der Waals surface area contributed by atoms with Crippen LogP contribution in [0.25, 0.3) is 0 Å². The van der Waals surface area contributed by atoms with Crippen LogP contribution in [0.5, 0.6) is 0 Å². The van der Waals surface area contributed by atoms with E-state index in [0.29, 0.717) is 11.4 Å². The number of benzene rings is 2. The highest BCUT2D eigenvalue weighted by Crippen LogP contribution is 2.38. The molecule has 0 radical (unpaired) electrons. The molecule has 0 bridgehead atoms. The van der Waals surface area contributed by atoms with E-state index in [-0.39, 0.29) is 6.04 Å². The number of alkyl halides is 6. The number of rotatable bonds is 7. The summed E-state index contributed by atoms with van der Waals surface area (Å²) in [5.74, 6) is 0. The number of likely N-dealkylation sites (tertiary alicyclic amines) is 1. The van der Waals surface area contributed by atoms with Crippen LogP contribution in [0.3, 0.4) is 0 Å². The molecule has 1 aliphatic heterocycles. The van der Waals surface area contributed by atoms with Crippen LogP contribution < -0.4 is 9.80 Å². The normalized spacial score (nSPS) is 15.7. The summed E-state index contributed by atoms with van der Waals surface area (Å²) in [4.78, 5) is 2.33. The molecular formula is C24H30BF10N3. The van der Waals surface area contributed by atoms with Gasteiger partial charge in [0.15, 0.2) is 0 Å². The minimum absolute atomic E-state index is 0.0588. The lowest BCUT2D eigenvalue weighted by Gasteiger charge is -2.39. The van der Waals surface area contributed by atoms with Gasteiger partial charge < -0.3 is 31.5 Å². The fourth-order valence-corrected chi connectivity index (χ4v) is 4.77. The highest BCUT2D eigenvalue weighted by molar-refractivity contribution is 6.50. The Morgan fingerprint density at radius 2 is 0.974 bits per heavy atom. The maximum Gasteiger partial charge on any atom is 0.673 e. The van der Waals surface area contributed by atoms with Crippen molar-refractivity contribution in [3.8, 4) is 0 Å². The smallest absolute Gasteiger partial charge is 0.418 e. The Labute approximate surface area is 215 Å². The van der Waals surface area contributed by atoms with Crippen LogP contribution in [0, 0.1) is 0 Å². The molecule has 0 atom stereocenters. The molecule has 0 N–H and O–H groups in total. The lowest BCUT2D eigenvalue weighted by Crippen LogP contribution is -2.44. The van der Waals surface area contributed by atoms with Gasteiger partial charge in [0, 0.05) is 49.4 Å². The summed E-state index contributed by atoms with van der Waals surface area (Å²) in [5.41, 5.74) is 2.89. The van der Waals surface area contributed by atoms with E-state index < -0.39 is 32.7 Å². The van der Waals surface area contributed by atoms with E-state index in [9.17, 15) is 43.6 Å². The molecule has 2 aromatic rings. The molecule has 1 saturated heterocycles. The lowest BCUT2D eigenvalue weighted by molar-refractivity contribution is -0.922. The van der Waals surface area contributed by atoms with Crippen molar-refractivity contribution in [2.75, 3.05) is 57.1 Å². The maximum atomic E-state index is 12.7. The van der Waals surface area contributed by atoms with E-state index in [1.165, 1.54) is 14.1 Å². The predicted octanol–water partition coefficient (Wildman–Crippen LogP) is 7.31. The van der Waals surface area contributed by atoms with E-state index in [2.05, 4.69) is 7.05 Å². The van der Waals surface area contributed by atoms with Gasteiger partial charge in [-0.3, -0.25) is 0 Å². The first kappa shape index (κ1) is 31.6. The SMILES string of the molecule is CN(CC(F)(F)F)c1ccc(C(c2ccc(N(C)CC(F)(F)F)cc2)[N+]2(C)CCCC2)cc1.F[B-](F)(F)F. The zero-order chi connectivity index (χ0) is 28.9. The van der Waals surface area contributed by atoms with Gasteiger partial charge in [0.25, 0.3) is 0 Å². The van der Waals surface area contributed by atoms with Crippen LogP contribution >= 0.6 is 0 Å². The molecule has 0 unspecified atom stereocenters. The van der Waals surface area contributed by atoms with Gasteiger partial charge in [-0.1, -0.05) is 24.3 Å². The molecule has 1 heterocycles. The maximum absolute atomic E-state index is 12.7. The summed E-state index contributed by atoms with van der Waals surface area (Å²) < 4.78 is 116. The molecule has 3 rings (SSSR count). The number of nitrogens with zero attached hydrogens (tertiary/aromatic N) is 3. The van der Waals surface area contributed by atoms with Crippen LogP contribution in [0.1, 0.15) is 30.0 Å². The fraction of sp³-hybridized carbons (Fsp3) is 0.500. The molecule has 0 amide bonds. The molecule has 1 fully saturated rings. The Hall–Kier alpha value is -2.64. The van der Waals surface area contributed by atoms with Gasteiger partial charge in [-0.25, -0.2) is 0 Å². The minimum atomic E-state index is -6.00. The van der Waals surface area contributed by atoms with Gasteiger partial charge in [-0.2, -0.15) is 26.3 Å². The number of anilines is 2. The van der Waals surface area contributed by atoms with Crippen molar-refractivity contribution in [2.45, 2.75) is 31.2 Å². The quantitative estimate of drug-likeness (QED) is 0.199. The Bertz CT molecular complexity index is 927. The van der Waals surface area contributed by atoms with Crippen molar-refractivity contribution in [2.24, 2.45) is 0 Å². The molecular weight excluding hydrogens is 531 g/mol. The number of hydrogen-bond donors (Lipinski definition) is 0. The summed E-state index contributed by atoms with van der Waals surface area (Å²) in [6, 6.07) is 14.2. The van der Waals surface area contributed by atoms with Crippen molar-refractivity contribution >= 4 is 18.6 Å². The van der Waals surface area contributed by atoms with E-state index in [1.54, 1.807) is 24.3 Å². The number of halogens is 10. The molecule has 3 nitrogen and oxygen atoms in total. The molecule has 14 heteroatoms. The van der Waals surface area contributed by atoms with Crippen molar-refractivity contribution < 1.29 is 48.1 Å². The van der Waals surface area contributed by atoms with Gasteiger partial charge in [-0.15, -0.1) is 0 Å². The second-order valence-electron chi connectivity index (χ2n) is 9.66. The Kier molecular flexibility index (Phi) is 10.0. The summed E-state index contributed by atoms with van der Waals surface area (Å²) in [7, 11) is -1.03. The highest BCUT2D eigenvalue weighted by atomic mass is 19.5. The summed E-state index contributed by atoms with van der Waals surface area (Å²) in [6.45, 7) is -0.154. The molecule has 2 aromatic carbocycles. The summed E-state index contributed by atoms with van der Waals surface area (Å²) in [6.07, 6.45) is -6.42. The average molecular weight is 561 g/mol. The van der Waals surface area contributed by atoms with Gasteiger partial charge in [0.2, 0.25) is 0 Å². The topological polar surface area (TPSA) is 6.48 Å². The first-order valence-electron chi connectivity index (χ1n) is 11.7. The zero-order valence-corrected chi connectivity index (χ0v) is 21.1. The minimum Gasteiger partial charge on any atom is -0.418 e. The Balaban J connectivity index is 0.000000926. The van der Waals surface area contributed by atoms with Gasteiger partial charge in [0.05, 0.1) is 20.1 Å². The molecule has 0 spiro atoms. The van der Waals surface area contributed by atoms with Crippen molar-refractivity contribution in [3.63, 3.8) is 0 Å². The first-order valence-corrected chi connectivity index (χ1v) is 11.7. The number of quaternary nitrogens is 1. The molecule has 0 saturated carbocycles. The van der Waals surface area contributed by atoms with Crippen molar-refractivity contribution in [3.05, 3.63) is 59.7 Å². The lowest BCUT2D eigenvalue weighted by atomic mass is 9.95. The van der Waals surface area contributed by atoms with Crippen molar-refractivity contribution in [1.29, 1.82) is 0 Å². The average Bonchev–Trinajstić information content (AvgIpc) is 3.18. The third-order valence-corrected chi connectivity index (χ3v) is 6.34. The van der Waals surface area contributed by atoms with Gasteiger partial charge >= 0.3 is 19.6 Å².